The van der Waals surface area contributed by atoms with Gasteiger partial charge in [-0.1, -0.05) is 60.7 Å². The summed E-state index contributed by atoms with van der Waals surface area (Å²) in [5.41, 5.74) is 10.0. The molecule has 0 aromatic heterocycles. The van der Waals surface area contributed by atoms with Crippen molar-refractivity contribution in [2.24, 2.45) is 5.73 Å². The number of nitrogens with two attached hydrogens (primary N) is 1. The number of carbonyl (C=O) groups is 2. The van der Waals surface area contributed by atoms with Gasteiger partial charge < -0.3 is 11.1 Å². The van der Waals surface area contributed by atoms with Gasteiger partial charge in [-0.15, -0.1) is 0 Å². The first-order valence-corrected chi connectivity index (χ1v) is 10.6. The van der Waals surface area contributed by atoms with Crippen molar-refractivity contribution < 1.29 is 9.59 Å². The predicted molar refractivity (Wildman–Crippen MR) is 123 cm³/mol. The third-order valence-corrected chi connectivity index (χ3v) is 5.56. The second-order valence-electron chi connectivity index (χ2n) is 8.07. The quantitative estimate of drug-likeness (QED) is 0.557. The Morgan fingerprint density at radius 3 is 2.23 bits per heavy atom. The van der Waals surface area contributed by atoms with Crippen molar-refractivity contribution in [3.05, 3.63) is 101 Å². The Morgan fingerprint density at radius 1 is 0.871 bits per heavy atom. The van der Waals surface area contributed by atoms with E-state index in [1.165, 1.54) is 5.56 Å². The molecule has 1 aliphatic rings. The van der Waals surface area contributed by atoms with Crippen molar-refractivity contribution in [1.29, 1.82) is 0 Å². The predicted octanol–water partition coefficient (Wildman–Crippen LogP) is 3.98. The Balaban J connectivity index is 1.40. The van der Waals surface area contributed by atoms with Crippen LogP contribution < -0.4 is 11.1 Å². The highest BCUT2D eigenvalue weighted by molar-refractivity contribution is 5.93. The van der Waals surface area contributed by atoms with E-state index in [0.717, 1.165) is 36.1 Å². The smallest absolute Gasteiger partial charge is 0.248 e. The normalized spacial score (nSPS) is 13.2. The van der Waals surface area contributed by atoms with Crippen molar-refractivity contribution in [1.82, 2.24) is 4.90 Å². The first-order valence-electron chi connectivity index (χ1n) is 10.6. The van der Waals surface area contributed by atoms with Crippen LogP contribution >= 0.6 is 0 Å². The maximum absolute atomic E-state index is 12.9. The van der Waals surface area contributed by atoms with Gasteiger partial charge in [-0.3, -0.25) is 14.5 Å². The van der Waals surface area contributed by atoms with Gasteiger partial charge in [0.05, 0.1) is 6.54 Å². The van der Waals surface area contributed by atoms with Gasteiger partial charge >= 0.3 is 0 Å². The minimum absolute atomic E-state index is 0.0128. The van der Waals surface area contributed by atoms with E-state index < -0.39 is 5.91 Å². The molecule has 3 aromatic rings. The van der Waals surface area contributed by atoms with Crippen LogP contribution in [0.3, 0.4) is 0 Å². The largest absolute Gasteiger partial charge is 0.366 e. The molecule has 0 spiro atoms. The number of nitrogens with one attached hydrogen (secondary N) is 1. The number of hydrogen-bond donors (Lipinski definition) is 2. The number of benzene rings is 3. The lowest BCUT2D eigenvalue weighted by molar-refractivity contribution is -0.117. The Morgan fingerprint density at radius 2 is 1.55 bits per heavy atom. The number of anilines is 1. The van der Waals surface area contributed by atoms with Gasteiger partial charge in [0.15, 0.2) is 0 Å². The molecule has 1 aliphatic carbocycles. The van der Waals surface area contributed by atoms with Crippen LogP contribution in [0, 0.1) is 0 Å². The summed E-state index contributed by atoms with van der Waals surface area (Å²) in [7, 11) is 0. The monoisotopic (exact) mass is 413 g/mol. The number of rotatable bonds is 9. The Kier molecular flexibility index (Phi) is 6.43. The molecule has 2 amide bonds. The van der Waals surface area contributed by atoms with Gasteiger partial charge in [0.1, 0.15) is 0 Å². The van der Waals surface area contributed by atoms with Crippen molar-refractivity contribution in [2.75, 3.05) is 11.9 Å². The first-order chi connectivity index (χ1) is 15.1. The van der Waals surface area contributed by atoms with E-state index in [1.807, 2.05) is 48.5 Å². The Labute approximate surface area is 182 Å². The van der Waals surface area contributed by atoms with E-state index in [0.29, 0.717) is 24.7 Å². The van der Waals surface area contributed by atoms with Crippen LogP contribution in [0.2, 0.25) is 0 Å². The summed E-state index contributed by atoms with van der Waals surface area (Å²) in [4.78, 5) is 26.4. The second kappa shape index (κ2) is 9.58. The zero-order valence-corrected chi connectivity index (χ0v) is 17.5. The highest BCUT2D eigenvalue weighted by Gasteiger charge is 2.30. The summed E-state index contributed by atoms with van der Waals surface area (Å²) in [6.45, 7) is 1.00. The van der Waals surface area contributed by atoms with Crippen LogP contribution in [0.1, 0.15) is 39.9 Å². The summed E-state index contributed by atoms with van der Waals surface area (Å²) >= 11 is 0. The van der Waals surface area contributed by atoms with Gasteiger partial charge in [-0.25, -0.2) is 0 Å². The minimum atomic E-state index is -0.431. The molecule has 158 valence electrons. The van der Waals surface area contributed by atoms with Gasteiger partial charge in [-0.2, -0.15) is 0 Å². The Hall–Kier alpha value is -3.44. The van der Waals surface area contributed by atoms with Gasteiger partial charge in [-0.05, 0) is 54.2 Å². The van der Waals surface area contributed by atoms with Crippen molar-refractivity contribution >= 4 is 17.5 Å². The highest BCUT2D eigenvalue weighted by atomic mass is 16.2. The molecular weight excluding hydrogens is 386 g/mol. The zero-order valence-electron chi connectivity index (χ0n) is 17.5. The average molecular weight is 414 g/mol. The van der Waals surface area contributed by atoms with Crippen LogP contribution in [-0.4, -0.2) is 29.3 Å². The maximum atomic E-state index is 12.9. The van der Waals surface area contributed by atoms with Crippen LogP contribution in [0.25, 0.3) is 0 Å². The topological polar surface area (TPSA) is 75.4 Å². The molecular formula is C26H27N3O2. The standard InChI is InChI=1S/C26H27N3O2/c27-26(31)21-12-10-20(11-13-21)17-29(23-14-15-23)18-25(30)28-24-9-5-4-8-22(24)16-19-6-2-1-3-7-19/h1-13,23H,14-18H2,(H2,27,31)(H,28,30). The van der Waals surface area contributed by atoms with Crippen LogP contribution in [0.4, 0.5) is 5.69 Å². The lowest BCUT2D eigenvalue weighted by Crippen LogP contribution is -2.34. The first kappa shape index (κ1) is 20.8. The molecule has 0 unspecified atom stereocenters. The number of hydrogen-bond acceptors (Lipinski definition) is 3. The van der Waals surface area contributed by atoms with Gasteiger partial charge in [0.25, 0.3) is 0 Å². The van der Waals surface area contributed by atoms with Gasteiger partial charge in [0, 0.05) is 23.8 Å². The third-order valence-electron chi connectivity index (χ3n) is 5.56. The molecule has 0 radical (unpaired) electrons. The van der Waals surface area contributed by atoms with Crippen molar-refractivity contribution in [3.63, 3.8) is 0 Å². The molecule has 4 rings (SSSR count). The molecule has 1 saturated carbocycles. The molecule has 5 heteroatoms. The van der Waals surface area contributed by atoms with Crippen LogP contribution in [0.15, 0.2) is 78.9 Å². The minimum Gasteiger partial charge on any atom is -0.366 e. The molecule has 0 aliphatic heterocycles. The molecule has 1 fully saturated rings. The van der Waals surface area contributed by atoms with Crippen LogP contribution in [-0.2, 0) is 17.8 Å². The van der Waals surface area contributed by atoms with Crippen LogP contribution in [0.5, 0.6) is 0 Å². The van der Waals surface area contributed by atoms with E-state index in [-0.39, 0.29) is 5.91 Å². The molecule has 0 heterocycles. The fourth-order valence-corrected chi connectivity index (χ4v) is 3.75. The van der Waals surface area contributed by atoms with Crippen molar-refractivity contribution in [2.45, 2.75) is 31.8 Å². The van der Waals surface area contributed by atoms with E-state index in [2.05, 4.69) is 28.4 Å². The molecule has 31 heavy (non-hydrogen) atoms. The third kappa shape index (κ3) is 5.80. The molecule has 3 N–H and O–H groups in total. The number of para-hydroxylation sites is 1. The van der Waals surface area contributed by atoms with Crippen molar-refractivity contribution in [3.8, 4) is 0 Å². The summed E-state index contributed by atoms with van der Waals surface area (Å²) in [5, 5.41) is 3.11. The number of nitrogens with zero attached hydrogens (tertiary/aromatic N) is 1. The number of primary amides is 1. The number of amides is 2. The molecule has 0 saturated heterocycles. The van der Waals surface area contributed by atoms with E-state index in [1.54, 1.807) is 12.1 Å². The maximum Gasteiger partial charge on any atom is 0.248 e. The van der Waals surface area contributed by atoms with E-state index in [4.69, 9.17) is 5.73 Å². The Bertz CT molecular complexity index is 1040. The fraction of sp³-hybridized carbons (Fsp3) is 0.231. The lowest BCUT2D eigenvalue weighted by Gasteiger charge is -2.22. The number of carbonyl (C=O) groups excluding carboxylic acids is 2. The second-order valence-corrected chi connectivity index (χ2v) is 8.07. The summed E-state index contributed by atoms with van der Waals surface area (Å²) in [6, 6.07) is 25.9. The molecule has 3 aromatic carbocycles. The van der Waals surface area contributed by atoms with E-state index >= 15 is 0 Å². The molecule has 0 bridgehead atoms. The molecule has 5 nitrogen and oxygen atoms in total. The average Bonchev–Trinajstić information content (AvgIpc) is 3.61. The SMILES string of the molecule is NC(=O)c1ccc(CN(CC(=O)Nc2ccccc2Cc2ccccc2)C2CC2)cc1. The summed E-state index contributed by atoms with van der Waals surface area (Å²) < 4.78 is 0. The van der Waals surface area contributed by atoms with E-state index in [9.17, 15) is 9.59 Å². The van der Waals surface area contributed by atoms with Gasteiger partial charge in [0.2, 0.25) is 11.8 Å². The lowest BCUT2D eigenvalue weighted by atomic mass is 10.0. The molecule has 0 atom stereocenters. The summed E-state index contributed by atoms with van der Waals surface area (Å²) in [5.74, 6) is -0.444. The fourth-order valence-electron chi connectivity index (χ4n) is 3.75. The highest BCUT2D eigenvalue weighted by Crippen LogP contribution is 2.28. The summed E-state index contributed by atoms with van der Waals surface area (Å²) in [6.07, 6.45) is 2.99. The zero-order chi connectivity index (χ0) is 21.6.